The minimum Gasteiger partial charge on any atom is -0.391 e. The summed E-state index contributed by atoms with van der Waals surface area (Å²) in [5.41, 5.74) is 5.77. The van der Waals surface area contributed by atoms with Crippen molar-refractivity contribution in [3.63, 3.8) is 0 Å². The van der Waals surface area contributed by atoms with Crippen LogP contribution in [0.5, 0.6) is 0 Å². The number of aryl methyl sites for hydroxylation is 1. The highest BCUT2D eigenvalue weighted by Gasteiger charge is 2.22. The molecule has 31 heavy (non-hydrogen) atoms. The number of unbranched alkanes of at least 4 members (excludes halogenated alkanes) is 1. The average molecular weight is 450 g/mol. The van der Waals surface area contributed by atoms with E-state index < -0.39 is 6.10 Å². The normalized spacial score (nSPS) is 11.8. The summed E-state index contributed by atoms with van der Waals surface area (Å²) in [4.78, 5) is 3.46. The molecule has 3 nitrogen and oxygen atoms in total. The highest BCUT2D eigenvalue weighted by Crippen LogP contribution is 2.32. The maximum atomic E-state index is 10.4. The molecule has 0 spiro atoms. The average Bonchev–Trinajstić information content (AvgIpc) is 2.81. The number of aromatic nitrogens is 1. The van der Waals surface area contributed by atoms with Gasteiger partial charge in [-0.2, -0.15) is 22.0 Å². The van der Waals surface area contributed by atoms with E-state index in [1.807, 2.05) is 18.2 Å². The molecule has 5 heteroatoms. The quantitative estimate of drug-likeness (QED) is 0.305. The van der Waals surface area contributed by atoms with E-state index >= 15 is 0 Å². The van der Waals surface area contributed by atoms with Gasteiger partial charge in [-0.25, -0.2) is 0 Å². The maximum Gasteiger partial charge on any atom is 0.257 e. The van der Waals surface area contributed by atoms with Gasteiger partial charge in [-0.05, 0) is 36.8 Å². The number of nitrogens with zero attached hydrogens (tertiary/aromatic N) is 1. The Morgan fingerprint density at radius 3 is 2.45 bits per heavy atom. The molecule has 0 saturated heterocycles. The summed E-state index contributed by atoms with van der Waals surface area (Å²) < 4.78 is 0. The number of nitrogens with one attached hydrogen (secondary N) is 1. The number of aromatic amines is 1. The number of nitriles is 1. The number of hydrogen-bond acceptors (Lipinski definition) is 4. The van der Waals surface area contributed by atoms with Gasteiger partial charge in [0.05, 0.1) is 6.10 Å². The molecule has 0 aliphatic carbocycles. The summed E-state index contributed by atoms with van der Waals surface area (Å²) in [5.74, 6) is 2.35. The Kier molecular flexibility index (Phi) is 9.02. The second-order valence-corrected chi connectivity index (χ2v) is 9.72. The molecule has 0 aliphatic rings. The molecule has 0 aliphatic heterocycles. The minimum absolute atomic E-state index is 0.407. The van der Waals surface area contributed by atoms with Crippen molar-refractivity contribution in [2.24, 2.45) is 0 Å². The van der Waals surface area contributed by atoms with Crippen LogP contribution >= 0.6 is 23.5 Å². The van der Waals surface area contributed by atoms with E-state index in [4.69, 9.17) is 0 Å². The number of aliphatic hydroxyl groups excluding tert-OH is 1. The molecule has 1 heterocycles. The van der Waals surface area contributed by atoms with Gasteiger partial charge in [0.15, 0.2) is 0 Å². The van der Waals surface area contributed by atoms with Crippen LogP contribution in [0.15, 0.2) is 65.7 Å². The van der Waals surface area contributed by atoms with Crippen LogP contribution in [0.25, 0.3) is 22.4 Å². The third-order valence-electron chi connectivity index (χ3n) is 4.96. The van der Waals surface area contributed by atoms with E-state index in [1.165, 1.54) is 30.2 Å². The van der Waals surface area contributed by atoms with Crippen LogP contribution in [0.4, 0.5) is 0 Å². The SMILES string of the molecule is CCCCSCC(O)CSc1[nH+]c(-c2ccccc2)cc(-c2ccc(C)cc2)c1C#N. The highest BCUT2D eigenvalue weighted by atomic mass is 32.2. The van der Waals surface area contributed by atoms with Gasteiger partial charge in [0, 0.05) is 28.7 Å². The summed E-state index contributed by atoms with van der Waals surface area (Å²) in [6.45, 7) is 4.24. The van der Waals surface area contributed by atoms with E-state index in [0.29, 0.717) is 11.3 Å². The zero-order valence-corrected chi connectivity index (χ0v) is 19.7. The molecule has 0 amide bonds. The van der Waals surface area contributed by atoms with Crippen LogP contribution in [0.3, 0.4) is 0 Å². The van der Waals surface area contributed by atoms with Crippen molar-refractivity contribution < 1.29 is 10.1 Å². The molecule has 0 radical (unpaired) electrons. The third kappa shape index (κ3) is 6.61. The Labute approximate surface area is 193 Å². The Morgan fingerprint density at radius 2 is 1.77 bits per heavy atom. The first-order valence-electron chi connectivity index (χ1n) is 10.6. The van der Waals surface area contributed by atoms with Gasteiger partial charge in [-0.15, -0.1) is 0 Å². The number of rotatable bonds is 10. The van der Waals surface area contributed by atoms with Crippen molar-refractivity contribution in [1.29, 1.82) is 5.26 Å². The largest absolute Gasteiger partial charge is 0.391 e. The molecule has 1 aromatic heterocycles. The van der Waals surface area contributed by atoms with Crippen LogP contribution in [0.1, 0.15) is 30.9 Å². The second-order valence-electron chi connectivity index (χ2n) is 7.54. The molecule has 160 valence electrons. The summed E-state index contributed by atoms with van der Waals surface area (Å²) in [5, 5.41) is 21.2. The number of thioether (sulfide) groups is 2. The van der Waals surface area contributed by atoms with E-state index in [1.54, 1.807) is 11.8 Å². The topological polar surface area (TPSA) is 58.2 Å². The van der Waals surface area contributed by atoms with E-state index in [0.717, 1.165) is 38.9 Å². The van der Waals surface area contributed by atoms with Gasteiger partial charge < -0.3 is 5.11 Å². The molecule has 3 aromatic rings. The van der Waals surface area contributed by atoms with Crippen LogP contribution in [-0.2, 0) is 0 Å². The predicted molar refractivity (Wildman–Crippen MR) is 132 cm³/mol. The van der Waals surface area contributed by atoms with Crippen LogP contribution < -0.4 is 4.98 Å². The zero-order chi connectivity index (χ0) is 22.1. The first-order valence-corrected chi connectivity index (χ1v) is 12.8. The van der Waals surface area contributed by atoms with Gasteiger partial charge in [-0.3, -0.25) is 0 Å². The molecular weight excluding hydrogens is 420 g/mol. The second kappa shape index (κ2) is 12.0. The monoisotopic (exact) mass is 449 g/mol. The van der Waals surface area contributed by atoms with Gasteiger partial charge in [0.25, 0.3) is 5.03 Å². The molecule has 1 unspecified atom stereocenters. The van der Waals surface area contributed by atoms with Gasteiger partial charge in [-0.1, -0.05) is 73.1 Å². The van der Waals surface area contributed by atoms with E-state index in [9.17, 15) is 10.4 Å². The molecule has 1 atom stereocenters. The van der Waals surface area contributed by atoms with Crippen molar-refractivity contribution in [2.45, 2.75) is 37.8 Å². The molecule has 0 saturated carbocycles. The first-order chi connectivity index (χ1) is 15.1. The molecule has 3 rings (SSSR count). The molecule has 2 N–H and O–H groups in total. The van der Waals surface area contributed by atoms with Crippen LogP contribution in [-0.4, -0.2) is 28.5 Å². The fourth-order valence-corrected chi connectivity index (χ4v) is 5.36. The Balaban J connectivity index is 1.92. The van der Waals surface area contributed by atoms with Crippen molar-refractivity contribution in [3.8, 4) is 28.5 Å². The van der Waals surface area contributed by atoms with Crippen molar-refractivity contribution >= 4 is 23.5 Å². The summed E-state index contributed by atoms with van der Waals surface area (Å²) >= 11 is 3.32. The van der Waals surface area contributed by atoms with Crippen molar-refractivity contribution in [3.05, 3.63) is 71.8 Å². The standard InChI is InChI=1S/C26H28N2OS2/c1-3-4-14-30-17-22(29)18-31-26-24(16-27)23(20-12-10-19(2)11-13-20)15-25(28-26)21-8-6-5-7-9-21/h5-13,15,22,29H,3-4,14,17-18H2,1-2H3/p+1. The Hall–Kier alpha value is -2.26. The predicted octanol–water partition coefficient (Wildman–Crippen LogP) is 6.00. The lowest BCUT2D eigenvalue weighted by atomic mass is 9.98. The van der Waals surface area contributed by atoms with E-state index in [-0.39, 0.29) is 0 Å². The lowest BCUT2D eigenvalue weighted by molar-refractivity contribution is -0.414. The third-order valence-corrected chi connectivity index (χ3v) is 7.31. The fraction of sp³-hybridized carbons (Fsp3) is 0.308. The van der Waals surface area contributed by atoms with Crippen molar-refractivity contribution in [2.75, 3.05) is 17.3 Å². The lowest BCUT2D eigenvalue weighted by Gasteiger charge is -2.11. The highest BCUT2D eigenvalue weighted by molar-refractivity contribution is 8.00. The maximum absolute atomic E-state index is 10.4. The van der Waals surface area contributed by atoms with E-state index in [2.05, 4.69) is 67.4 Å². The van der Waals surface area contributed by atoms with Crippen LogP contribution in [0.2, 0.25) is 0 Å². The smallest absolute Gasteiger partial charge is 0.257 e. The number of H-pyrrole nitrogens is 1. The molecule has 0 bridgehead atoms. The minimum atomic E-state index is -0.407. The summed E-state index contributed by atoms with van der Waals surface area (Å²) in [7, 11) is 0. The number of hydrogen-bond donors (Lipinski definition) is 1. The lowest BCUT2D eigenvalue weighted by Crippen LogP contribution is -2.18. The zero-order valence-electron chi connectivity index (χ0n) is 18.1. The summed E-state index contributed by atoms with van der Waals surface area (Å²) in [6.07, 6.45) is 1.94. The number of aliphatic hydroxyl groups is 1. The number of pyridine rings is 1. The Morgan fingerprint density at radius 1 is 1.03 bits per heavy atom. The van der Waals surface area contributed by atoms with Gasteiger partial charge in [0.1, 0.15) is 11.6 Å². The molecule has 2 aromatic carbocycles. The Bertz CT molecular complexity index is 1010. The number of benzene rings is 2. The van der Waals surface area contributed by atoms with Crippen LogP contribution in [0, 0.1) is 18.3 Å². The summed E-state index contributed by atoms with van der Waals surface area (Å²) in [6, 6.07) is 22.9. The van der Waals surface area contributed by atoms with Crippen molar-refractivity contribution in [1.82, 2.24) is 0 Å². The first kappa shape index (κ1) is 23.4. The van der Waals surface area contributed by atoms with Gasteiger partial charge >= 0.3 is 0 Å². The van der Waals surface area contributed by atoms with Gasteiger partial charge in [0.2, 0.25) is 5.69 Å². The molecular formula is C26H29N2OS2+. The molecule has 0 fully saturated rings. The fourth-order valence-electron chi connectivity index (χ4n) is 3.21.